The van der Waals surface area contributed by atoms with E-state index in [9.17, 15) is 9.59 Å². The van der Waals surface area contributed by atoms with Crippen LogP contribution in [0.25, 0.3) is 0 Å². The van der Waals surface area contributed by atoms with Gasteiger partial charge < -0.3 is 14.9 Å². The lowest BCUT2D eigenvalue weighted by molar-refractivity contribution is 0.0684. The van der Waals surface area contributed by atoms with E-state index in [0.29, 0.717) is 5.69 Å². The van der Waals surface area contributed by atoms with Crippen molar-refractivity contribution in [1.29, 1.82) is 0 Å². The Morgan fingerprint density at radius 2 is 1.78 bits per heavy atom. The van der Waals surface area contributed by atoms with Gasteiger partial charge in [-0.1, -0.05) is 20.8 Å². The lowest BCUT2D eigenvalue weighted by Crippen LogP contribution is -2.19. The smallest absolute Gasteiger partial charge is 0.358 e. The second kappa shape index (κ2) is 4.64. The number of rotatable bonds is 3. The lowest BCUT2D eigenvalue weighted by Gasteiger charge is -2.20. The largest absolute Gasteiger partial charge is 0.493 e. The van der Waals surface area contributed by atoms with Gasteiger partial charge in [0.15, 0.2) is 11.4 Å². The summed E-state index contributed by atoms with van der Waals surface area (Å²) in [5, 5.41) is 18.2. The monoisotopic (exact) mass is 253 g/mol. The second-order valence-electron chi connectivity index (χ2n) is 4.80. The van der Waals surface area contributed by atoms with Crippen LogP contribution in [-0.4, -0.2) is 34.2 Å². The minimum atomic E-state index is -1.32. The molecule has 6 heteroatoms. The Kier molecular flexibility index (Phi) is 3.59. The average Bonchev–Trinajstić information content (AvgIpc) is 2.25. The molecule has 0 bridgehead atoms. The maximum Gasteiger partial charge on any atom is 0.358 e. The molecule has 6 nitrogen and oxygen atoms in total. The maximum atomic E-state index is 11.1. The summed E-state index contributed by atoms with van der Waals surface area (Å²) in [6, 6.07) is 1.34. The molecule has 1 heterocycles. The average molecular weight is 253 g/mol. The van der Waals surface area contributed by atoms with Crippen molar-refractivity contribution in [3.63, 3.8) is 0 Å². The van der Waals surface area contributed by atoms with E-state index >= 15 is 0 Å². The molecule has 1 aromatic heterocycles. The first-order valence-corrected chi connectivity index (χ1v) is 5.24. The third-order valence-electron chi connectivity index (χ3n) is 2.38. The maximum absolute atomic E-state index is 11.1. The molecule has 1 rings (SSSR count). The molecule has 0 saturated heterocycles. The van der Waals surface area contributed by atoms with Gasteiger partial charge in [-0.2, -0.15) is 0 Å². The van der Waals surface area contributed by atoms with Crippen LogP contribution >= 0.6 is 0 Å². The molecule has 0 saturated carbocycles. The summed E-state index contributed by atoms with van der Waals surface area (Å²) in [4.78, 5) is 26.2. The van der Waals surface area contributed by atoms with Gasteiger partial charge in [-0.15, -0.1) is 0 Å². The van der Waals surface area contributed by atoms with E-state index in [1.54, 1.807) is 0 Å². The van der Waals surface area contributed by atoms with Crippen molar-refractivity contribution in [3.05, 3.63) is 23.0 Å². The van der Waals surface area contributed by atoms with Crippen LogP contribution in [0.15, 0.2) is 6.07 Å². The molecule has 0 aliphatic carbocycles. The highest BCUT2D eigenvalue weighted by molar-refractivity contribution is 5.97. The Hall–Kier alpha value is -2.11. The fraction of sp³-hybridized carbons (Fsp3) is 0.417. The zero-order valence-corrected chi connectivity index (χ0v) is 10.6. The van der Waals surface area contributed by atoms with Gasteiger partial charge in [0.25, 0.3) is 0 Å². The summed E-state index contributed by atoms with van der Waals surface area (Å²) >= 11 is 0. The van der Waals surface area contributed by atoms with Gasteiger partial charge in [-0.25, -0.2) is 14.6 Å². The fourth-order valence-corrected chi connectivity index (χ4v) is 1.43. The lowest BCUT2D eigenvalue weighted by atomic mass is 9.90. The summed E-state index contributed by atoms with van der Waals surface area (Å²) in [7, 11) is 1.21. The van der Waals surface area contributed by atoms with Crippen molar-refractivity contribution in [1.82, 2.24) is 4.98 Å². The van der Waals surface area contributed by atoms with Gasteiger partial charge in [0.2, 0.25) is 0 Å². The number of nitrogens with zero attached hydrogens (tertiary/aromatic N) is 1. The fourth-order valence-electron chi connectivity index (χ4n) is 1.43. The van der Waals surface area contributed by atoms with Crippen LogP contribution in [0.3, 0.4) is 0 Å². The number of aromatic carboxylic acids is 2. The molecule has 0 amide bonds. The number of hydrogen-bond acceptors (Lipinski definition) is 4. The van der Waals surface area contributed by atoms with Crippen LogP contribution in [0.5, 0.6) is 5.75 Å². The number of carboxylic acids is 2. The minimum absolute atomic E-state index is 0.199. The van der Waals surface area contributed by atoms with Gasteiger partial charge in [-0.05, 0) is 6.07 Å². The minimum Gasteiger partial charge on any atom is -0.493 e. The van der Waals surface area contributed by atoms with Gasteiger partial charge >= 0.3 is 11.9 Å². The van der Waals surface area contributed by atoms with E-state index in [1.165, 1.54) is 13.2 Å². The SMILES string of the molecule is COc1c(C(=O)O)cc(C(C)(C)C)nc1C(=O)O. The van der Waals surface area contributed by atoms with E-state index in [4.69, 9.17) is 14.9 Å². The number of aromatic nitrogens is 1. The molecule has 0 aliphatic rings. The van der Waals surface area contributed by atoms with E-state index in [-0.39, 0.29) is 17.0 Å². The molecule has 0 aromatic carbocycles. The predicted octanol–water partition coefficient (Wildman–Crippen LogP) is 1.78. The second-order valence-corrected chi connectivity index (χ2v) is 4.80. The Balaban J connectivity index is 3.65. The van der Waals surface area contributed by atoms with Crippen LogP contribution in [0.1, 0.15) is 47.3 Å². The highest BCUT2D eigenvalue weighted by Gasteiger charge is 2.26. The first-order chi connectivity index (χ1) is 8.18. The summed E-state index contributed by atoms with van der Waals surface area (Å²) in [5.41, 5.74) is -0.657. The van der Waals surface area contributed by atoms with Crippen LogP contribution in [-0.2, 0) is 5.41 Å². The van der Waals surface area contributed by atoms with Crippen molar-refractivity contribution in [2.45, 2.75) is 26.2 Å². The van der Waals surface area contributed by atoms with Crippen molar-refractivity contribution >= 4 is 11.9 Å². The van der Waals surface area contributed by atoms with Crippen LogP contribution in [0, 0.1) is 0 Å². The molecule has 18 heavy (non-hydrogen) atoms. The molecule has 0 fully saturated rings. The molecule has 0 spiro atoms. The number of ether oxygens (including phenoxy) is 1. The Morgan fingerprint density at radius 3 is 2.11 bits per heavy atom. The van der Waals surface area contributed by atoms with E-state index in [1.807, 2.05) is 20.8 Å². The van der Waals surface area contributed by atoms with E-state index in [2.05, 4.69) is 4.98 Å². The van der Waals surface area contributed by atoms with Crippen LogP contribution in [0.4, 0.5) is 0 Å². The zero-order valence-electron chi connectivity index (χ0n) is 10.6. The van der Waals surface area contributed by atoms with Crippen LogP contribution in [0.2, 0.25) is 0 Å². The van der Waals surface area contributed by atoms with E-state index < -0.39 is 17.4 Å². The van der Waals surface area contributed by atoms with Crippen molar-refractivity contribution < 1.29 is 24.5 Å². The molecule has 2 N–H and O–H groups in total. The van der Waals surface area contributed by atoms with Gasteiger partial charge in [-0.3, -0.25) is 0 Å². The predicted molar refractivity (Wildman–Crippen MR) is 63.4 cm³/mol. The summed E-state index contributed by atoms with van der Waals surface area (Å²) in [6.07, 6.45) is 0. The summed E-state index contributed by atoms with van der Waals surface area (Å²) < 4.78 is 4.84. The summed E-state index contributed by atoms with van der Waals surface area (Å²) in [5.74, 6) is -2.80. The number of methoxy groups -OCH3 is 1. The zero-order chi connectivity index (χ0) is 14.1. The van der Waals surface area contributed by atoms with Gasteiger partial charge in [0, 0.05) is 11.1 Å². The van der Waals surface area contributed by atoms with Crippen molar-refractivity contribution in [2.75, 3.05) is 7.11 Å². The summed E-state index contributed by atoms with van der Waals surface area (Å²) in [6.45, 7) is 5.46. The molecule has 0 atom stereocenters. The molecule has 98 valence electrons. The third-order valence-corrected chi connectivity index (χ3v) is 2.38. The molecule has 0 radical (unpaired) electrons. The number of hydrogen-bond donors (Lipinski definition) is 2. The molecule has 1 aromatic rings. The van der Waals surface area contributed by atoms with Gasteiger partial charge in [0.1, 0.15) is 5.56 Å². The van der Waals surface area contributed by atoms with Crippen molar-refractivity contribution in [3.8, 4) is 5.75 Å². The standard InChI is InChI=1S/C12H15NO5/c1-12(2,3)7-5-6(10(14)15)9(18-4)8(13-7)11(16)17/h5H,1-4H3,(H,14,15)(H,16,17). The molecular formula is C12H15NO5. The first-order valence-electron chi connectivity index (χ1n) is 5.24. The topological polar surface area (TPSA) is 96.7 Å². The normalized spacial score (nSPS) is 11.1. The molecular weight excluding hydrogens is 238 g/mol. The number of carboxylic acid groups (broad SMARTS) is 2. The van der Waals surface area contributed by atoms with Crippen molar-refractivity contribution in [2.24, 2.45) is 0 Å². The Labute approximate surface area is 104 Å². The highest BCUT2D eigenvalue weighted by Crippen LogP contribution is 2.29. The highest BCUT2D eigenvalue weighted by atomic mass is 16.5. The van der Waals surface area contributed by atoms with E-state index in [0.717, 1.165) is 0 Å². The first kappa shape index (κ1) is 14.0. The molecule has 0 aliphatic heterocycles. The Morgan fingerprint density at radius 1 is 1.22 bits per heavy atom. The third kappa shape index (κ3) is 2.58. The molecule has 0 unspecified atom stereocenters. The number of pyridine rings is 1. The van der Waals surface area contributed by atoms with Gasteiger partial charge in [0.05, 0.1) is 7.11 Å². The quantitative estimate of drug-likeness (QED) is 0.852. The Bertz CT molecular complexity index is 467. The van der Waals surface area contributed by atoms with Crippen LogP contribution < -0.4 is 4.74 Å². The number of carbonyl (C=O) groups is 2.